The van der Waals surface area contributed by atoms with Gasteiger partial charge in [-0.2, -0.15) is 0 Å². The quantitative estimate of drug-likeness (QED) is 0.789. The molecule has 5 aliphatic rings. The van der Waals surface area contributed by atoms with E-state index in [0.717, 1.165) is 29.0 Å². The van der Waals surface area contributed by atoms with Crippen molar-refractivity contribution < 1.29 is 14.1 Å². The summed E-state index contributed by atoms with van der Waals surface area (Å²) in [4.78, 5) is 36.5. The molecule has 0 radical (unpaired) electrons. The third-order valence-electron chi connectivity index (χ3n) is 8.23. The van der Waals surface area contributed by atoms with E-state index in [0.29, 0.717) is 43.1 Å². The Hall–Kier alpha value is -2.77. The molecule has 32 heavy (non-hydrogen) atoms. The molecule has 8 heteroatoms. The Morgan fingerprint density at radius 1 is 1.16 bits per heavy atom. The van der Waals surface area contributed by atoms with Gasteiger partial charge in [0.05, 0.1) is 18.4 Å². The lowest BCUT2D eigenvalue weighted by Crippen LogP contribution is -2.47. The molecule has 2 aromatic rings. The van der Waals surface area contributed by atoms with E-state index < -0.39 is 0 Å². The summed E-state index contributed by atoms with van der Waals surface area (Å²) in [5.74, 6) is 3.58. The zero-order valence-corrected chi connectivity index (χ0v) is 18.5. The van der Waals surface area contributed by atoms with Gasteiger partial charge in [-0.3, -0.25) is 9.59 Å². The first-order valence-corrected chi connectivity index (χ1v) is 11.8. The highest BCUT2D eigenvalue weighted by Gasteiger charge is 2.51. The fraction of sp³-hybridized carbons (Fsp3) is 0.625. The minimum Gasteiger partial charge on any atom is -0.361 e. The molecule has 4 saturated carbocycles. The van der Waals surface area contributed by atoms with E-state index in [-0.39, 0.29) is 17.2 Å². The molecule has 4 aliphatic carbocycles. The second-order valence-corrected chi connectivity index (χ2v) is 10.6. The van der Waals surface area contributed by atoms with Crippen LogP contribution in [0, 0.1) is 30.1 Å². The van der Waals surface area contributed by atoms with Crippen LogP contribution in [-0.4, -0.2) is 38.4 Å². The predicted octanol–water partition coefficient (Wildman–Crippen LogP) is 3.52. The molecule has 2 amide bonds. The topological polar surface area (TPSA) is 101 Å². The van der Waals surface area contributed by atoms with Crippen LogP contribution in [0.2, 0.25) is 0 Å². The largest absolute Gasteiger partial charge is 0.361 e. The van der Waals surface area contributed by atoms with Gasteiger partial charge in [0.15, 0.2) is 0 Å². The van der Waals surface area contributed by atoms with E-state index in [1.54, 1.807) is 11.8 Å². The van der Waals surface area contributed by atoms with Gasteiger partial charge in [-0.15, -0.1) is 0 Å². The normalized spacial score (nSPS) is 30.3. The van der Waals surface area contributed by atoms with E-state index >= 15 is 0 Å². The summed E-state index contributed by atoms with van der Waals surface area (Å²) in [7, 11) is 0. The van der Waals surface area contributed by atoms with Crippen molar-refractivity contribution in [2.75, 3.05) is 11.9 Å². The van der Waals surface area contributed by atoms with Crippen LogP contribution in [0.5, 0.6) is 0 Å². The molecule has 168 valence electrons. The SMILES string of the molecule is Cc1oncc1C(=O)N1CCc2c(ncnc2NC(=O)CC23CC4CC(CC(C4)C2)C3)C1. The number of amides is 2. The highest BCUT2D eigenvalue weighted by molar-refractivity contribution is 5.95. The average molecular weight is 436 g/mol. The zero-order chi connectivity index (χ0) is 21.9. The number of hydrogen-bond donors (Lipinski definition) is 1. The number of rotatable bonds is 4. The lowest BCUT2D eigenvalue weighted by Gasteiger charge is -2.56. The molecule has 1 aliphatic heterocycles. The Kier molecular flexibility index (Phi) is 4.59. The molecule has 4 bridgehead atoms. The third kappa shape index (κ3) is 3.40. The van der Waals surface area contributed by atoms with Crippen LogP contribution >= 0.6 is 0 Å². The van der Waals surface area contributed by atoms with Crippen molar-refractivity contribution in [2.45, 2.75) is 64.8 Å². The molecule has 7 rings (SSSR count). The van der Waals surface area contributed by atoms with Gasteiger partial charge in [0.25, 0.3) is 5.91 Å². The van der Waals surface area contributed by atoms with Crippen LogP contribution in [-0.2, 0) is 17.8 Å². The van der Waals surface area contributed by atoms with Gasteiger partial charge < -0.3 is 14.7 Å². The lowest BCUT2D eigenvalue weighted by molar-refractivity contribution is -0.124. The van der Waals surface area contributed by atoms with E-state index in [4.69, 9.17) is 4.52 Å². The molecular weight excluding hydrogens is 406 g/mol. The number of carbonyl (C=O) groups excluding carboxylic acids is 2. The number of nitrogens with one attached hydrogen (secondary N) is 1. The van der Waals surface area contributed by atoms with Crippen LogP contribution in [0.1, 0.15) is 72.3 Å². The first-order chi connectivity index (χ1) is 15.5. The maximum Gasteiger partial charge on any atom is 0.259 e. The minimum atomic E-state index is -0.111. The smallest absolute Gasteiger partial charge is 0.259 e. The Morgan fingerprint density at radius 3 is 2.53 bits per heavy atom. The van der Waals surface area contributed by atoms with E-state index in [1.165, 1.54) is 51.0 Å². The van der Waals surface area contributed by atoms with Crippen molar-refractivity contribution in [3.63, 3.8) is 0 Å². The number of anilines is 1. The average Bonchev–Trinajstić information content (AvgIpc) is 3.17. The highest BCUT2D eigenvalue weighted by atomic mass is 16.5. The lowest BCUT2D eigenvalue weighted by atomic mass is 9.49. The first-order valence-electron chi connectivity index (χ1n) is 11.8. The van der Waals surface area contributed by atoms with Gasteiger partial charge in [-0.05, 0) is 75.0 Å². The first kappa shape index (κ1) is 19.9. The number of carbonyl (C=O) groups is 2. The number of aromatic nitrogens is 3. The van der Waals surface area contributed by atoms with Gasteiger partial charge in [-0.1, -0.05) is 5.16 Å². The van der Waals surface area contributed by atoms with Crippen molar-refractivity contribution in [2.24, 2.45) is 23.2 Å². The Labute approximate surface area is 187 Å². The van der Waals surface area contributed by atoms with Crippen molar-refractivity contribution in [1.29, 1.82) is 0 Å². The summed E-state index contributed by atoms with van der Waals surface area (Å²) in [6.45, 7) is 2.67. The second kappa shape index (κ2) is 7.39. The molecule has 0 aromatic carbocycles. The van der Waals surface area contributed by atoms with Crippen molar-refractivity contribution in [3.8, 4) is 0 Å². The summed E-state index contributed by atoms with van der Waals surface area (Å²) in [6.07, 6.45) is 11.9. The van der Waals surface area contributed by atoms with E-state index in [2.05, 4.69) is 20.4 Å². The van der Waals surface area contributed by atoms with Gasteiger partial charge in [0.2, 0.25) is 5.91 Å². The Bertz CT molecular complexity index is 1040. The molecule has 8 nitrogen and oxygen atoms in total. The van der Waals surface area contributed by atoms with Crippen LogP contribution < -0.4 is 5.32 Å². The number of hydrogen-bond acceptors (Lipinski definition) is 6. The summed E-state index contributed by atoms with van der Waals surface area (Å²) in [6, 6.07) is 0. The van der Waals surface area contributed by atoms with Crippen LogP contribution in [0.3, 0.4) is 0 Å². The maximum absolute atomic E-state index is 13.1. The molecule has 1 N–H and O–H groups in total. The van der Waals surface area contributed by atoms with Gasteiger partial charge in [0.1, 0.15) is 23.5 Å². The maximum atomic E-state index is 13.1. The van der Waals surface area contributed by atoms with Crippen molar-refractivity contribution in [3.05, 3.63) is 35.1 Å². The number of fused-ring (bicyclic) bond motifs is 1. The van der Waals surface area contributed by atoms with Gasteiger partial charge >= 0.3 is 0 Å². The van der Waals surface area contributed by atoms with Crippen LogP contribution in [0.15, 0.2) is 17.0 Å². The molecular formula is C24H29N5O3. The predicted molar refractivity (Wildman–Crippen MR) is 116 cm³/mol. The van der Waals surface area contributed by atoms with Crippen LogP contribution in [0.25, 0.3) is 0 Å². The van der Waals surface area contributed by atoms with E-state index in [9.17, 15) is 9.59 Å². The third-order valence-corrected chi connectivity index (χ3v) is 8.23. The Morgan fingerprint density at radius 2 is 1.88 bits per heavy atom. The highest BCUT2D eigenvalue weighted by Crippen LogP contribution is 2.61. The monoisotopic (exact) mass is 435 g/mol. The molecule has 0 atom stereocenters. The molecule has 0 saturated heterocycles. The summed E-state index contributed by atoms with van der Waals surface area (Å²) in [5.41, 5.74) is 2.41. The number of aryl methyl sites for hydroxylation is 1. The van der Waals surface area contributed by atoms with E-state index in [1.807, 2.05) is 0 Å². The zero-order valence-electron chi connectivity index (χ0n) is 18.5. The summed E-state index contributed by atoms with van der Waals surface area (Å²) in [5, 5.41) is 6.82. The molecule has 3 heterocycles. The van der Waals surface area contributed by atoms with Crippen molar-refractivity contribution >= 4 is 17.6 Å². The summed E-state index contributed by atoms with van der Waals surface area (Å²) >= 11 is 0. The second-order valence-electron chi connectivity index (χ2n) is 10.6. The standard InChI is InChI=1S/C24H29N5O3/c1-14-19(11-27-32-14)23(31)29-3-2-18-20(12-29)25-13-26-22(18)28-21(30)10-24-7-15-4-16(8-24)6-17(5-15)9-24/h11,13,15-17H,2-10,12H2,1H3,(H,25,26,28,30). The fourth-order valence-electron chi connectivity index (χ4n) is 7.33. The van der Waals surface area contributed by atoms with Gasteiger partial charge in [-0.25, -0.2) is 9.97 Å². The molecule has 0 spiro atoms. The Balaban J connectivity index is 1.15. The number of nitrogens with zero attached hydrogens (tertiary/aromatic N) is 4. The summed E-state index contributed by atoms with van der Waals surface area (Å²) < 4.78 is 5.04. The van der Waals surface area contributed by atoms with Crippen LogP contribution in [0.4, 0.5) is 5.82 Å². The van der Waals surface area contributed by atoms with Gasteiger partial charge in [0, 0.05) is 18.5 Å². The van der Waals surface area contributed by atoms with Crippen molar-refractivity contribution in [1.82, 2.24) is 20.0 Å². The molecule has 4 fully saturated rings. The molecule has 2 aromatic heterocycles. The molecule has 0 unspecified atom stereocenters. The minimum absolute atomic E-state index is 0.0754. The fourth-order valence-corrected chi connectivity index (χ4v) is 7.33.